The maximum absolute atomic E-state index is 5.54. The Labute approximate surface area is 91.4 Å². The minimum Gasteiger partial charge on any atom is -0.330 e. The highest BCUT2D eigenvalue weighted by Gasteiger charge is 2.28. The number of nitrogens with one attached hydrogen (secondary N) is 1. The summed E-state index contributed by atoms with van der Waals surface area (Å²) in [5.41, 5.74) is 10.1. The Bertz CT molecular complexity index is 339. The molecular formula is C12H21N3. The van der Waals surface area contributed by atoms with Crippen LogP contribution in [0.25, 0.3) is 0 Å². The van der Waals surface area contributed by atoms with Crippen LogP contribution in [-0.4, -0.2) is 16.7 Å². The number of aromatic nitrogens is 2. The van der Waals surface area contributed by atoms with Crippen molar-refractivity contribution in [2.45, 2.75) is 46.0 Å². The first-order valence-electron chi connectivity index (χ1n) is 5.87. The molecule has 0 radical (unpaired) electrons. The van der Waals surface area contributed by atoms with Crippen LogP contribution in [0.1, 0.15) is 43.6 Å². The summed E-state index contributed by atoms with van der Waals surface area (Å²) in [6.07, 6.45) is 5.64. The molecule has 0 unspecified atom stereocenters. The van der Waals surface area contributed by atoms with E-state index in [1.54, 1.807) is 0 Å². The van der Waals surface area contributed by atoms with Crippen LogP contribution in [0, 0.1) is 5.41 Å². The van der Waals surface area contributed by atoms with Crippen LogP contribution < -0.4 is 5.73 Å². The molecule has 1 aromatic heterocycles. The Kier molecular flexibility index (Phi) is 2.83. The van der Waals surface area contributed by atoms with E-state index in [0.717, 1.165) is 25.8 Å². The van der Waals surface area contributed by atoms with E-state index in [1.807, 2.05) is 0 Å². The maximum Gasteiger partial charge on any atom is 0.0657 e. The van der Waals surface area contributed by atoms with Gasteiger partial charge in [0.05, 0.1) is 5.69 Å². The Morgan fingerprint density at radius 3 is 3.00 bits per heavy atom. The second-order valence-corrected chi connectivity index (χ2v) is 5.36. The summed E-state index contributed by atoms with van der Waals surface area (Å²) in [5, 5.41) is 7.60. The SMILES string of the molecule is CC1(C)CCc2[nH]nc(CCCN)c2C1. The smallest absolute Gasteiger partial charge is 0.0657 e. The molecule has 0 spiro atoms. The van der Waals surface area contributed by atoms with Crippen LogP contribution in [-0.2, 0) is 19.3 Å². The number of aryl methyl sites for hydroxylation is 2. The fourth-order valence-electron chi connectivity index (χ4n) is 2.37. The Morgan fingerprint density at radius 1 is 1.47 bits per heavy atom. The lowest BCUT2D eigenvalue weighted by Gasteiger charge is -2.29. The largest absolute Gasteiger partial charge is 0.330 e. The number of fused-ring (bicyclic) bond motifs is 1. The fourth-order valence-corrected chi connectivity index (χ4v) is 2.37. The summed E-state index contributed by atoms with van der Waals surface area (Å²) >= 11 is 0. The third-order valence-electron chi connectivity index (χ3n) is 3.36. The molecule has 3 N–H and O–H groups in total. The first kappa shape index (κ1) is 10.7. The molecule has 15 heavy (non-hydrogen) atoms. The van der Waals surface area contributed by atoms with E-state index in [2.05, 4.69) is 24.0 Å². The van der Waals surface area contributed by atoms with Crippen molar-refractivity contribution in [1.29, 1.82) is 0 Å². The van der Waals surface area contributed by atoms with Gasteiger partial charge >= 0.3 is 0 Å². The average molecular weight is 207 g/mol. The number of hydrogen-bond acceptors (Lipinski definition) is 2. The minimum absolute atomic E-state index is 0.439. The zero-order chi connectivity index (χ0) is 10.9. The molecule has 0 aliphatic heterocycles. The van der Waals surface area contributed by atoms with Gasteiger partial charge < -0.3 is 5.73 Å². The summed E-state index contributed by atoms with van der Waals surface area (Å²) in [6, 6.07) is 0. The molecule has 1 aliphatic rings. The summed E-state index contributed by atoms with van der Waals surface area (Å²) in [7, 11) is 0. The van der Waals surface area contributed by atoms with Gasteiger partial charge in [0.1, 0.15) is 0 Å². The summed E-state index contributed by atoms with van der Waals surface area (Å²) in [4.78, 5) is 0. The second-order valence-electron chi connectivity index (χ2n) is 5.36. The lowest BCUT2D eigenvalue weighted by atomic mass is 9.75. The van der Waals surface area contributed by atoms with Crippen molar-refractivity contribution >= 4 is 0 Å². The molecule has 1 heterocycles. The van der Waals surface area contributed by atoms with Gasteiger partial charge in [0, 0.05) is 5.69 Å². The predicted octanol–water partition coefficient (Wildman–Crippen LogP) is 1.82. The van der Waals surface area contributed by atoms with Crippen molar-refractivity contribution in [3.05, 3.63) is 17.0 Å². The standard InChI is InChI=1S/C12H21N3/c1-12(2)6-5-11-9(8-12)10(14-15-11)4-3-7-13/h3-8,13H2,1-2H3,(H,14,15). The molecule has 0 saturated carbocycles. The van der Waals surface area contributed by atoms with Gasteiger partial charge in [0.2, 0.25) is 0 Å². The van der Waals surface area contributed by atoms with Crippen LogP contribution >= 0.6 is 0 Å². The van der Waals surface area contributed by atoms with Crippen molar-refractivity contribution in [3.63, 3.8) is 0 Å². The number of rotatable bonds is 3. The molecule has 1 aromatic rings. The lowest BCUT2D eigenvalue weighted by molar-refractivity contribution is 0.313. The van der Waals surface area contributed by atoms with Gasteiger partial charge in [0.15, 0.2) is 0 Å². The van der Waals surface area contributed by atoms with Gasteiger partial charge in [-0.1, -0.05) is 13.8 Å². The topological polar surface area (TPSA) is 54.7 Å². The summed E-state index contributed by atoms with van der Waals surface area (Å²) < 4.78 is 0. The van der Waals surface area contributed by atoms with E-state index in [1.165, 1.54) is 29.8 Å². The van der Waals surface area contributed by atoms with Crippen LogP contribution in [0.15, 0.2) is 0 Å². The third kappa shape index (κ3) is 2.23. The van der Waals surface area contributed by atoms with Gasteiger partial charge in [-0.2, -0.15) is 5.10 Å². The molecule has 0 bridgehead atoms. The summed E-state index contributed by atoms with van der Waals surface area (Å²) in [5.74, 6) is 0. The molecule has 1 aliphatic carbocycles. The van der Waals surface area contributed by atoms with Crippen molar-refractivity contribution in [1.82, 2.24) is 10.2 Å². The summed E-state index contributed by atoms with van der Waals surface area (Å²) in [6.45, 7) is 5.44. The van der Waals surface area contributed by atoms with Gasteiger partial charge in [-0.3, -0.25) is 5.10 Å². The van der Waals surface area contributed by atoms with Crippen molar-refractivity contribution in [2.24, 2.45) is 11.1 Å². The molecule has 0 fully saturated rings. The second kappa shape index (κ2) is 3.97. The molecule has 3 heteroatoms. The predicted molar refractivity (Wildman–Crippen MR) is 61.8 cm³/mol. The molecule has 0 aromatic carbocycles. The number of nitrogens with zero attached hydrogens (tertiary/aromatic N) is 1. The van der Waals surface area contributed by atoms with E-state index in [9.17, 15) is 0 Å². The normalized spacial score (nSPS) is 18.9. The molecule has 0 amide bonds. The number of hydrogen-bond donors (Lipinski definition) is 2. The van der Waals surface area contributed by atoms with Gasteiger partial charge in [-0.25, -0.2) is 0 Å². The van der Waals surface area contributed by atoms with Crippen LogP contribution in [0.4, 0.5) is 0 Å². The highest BCUT2D eigenvalue weighted by Crippen LogP contribution is 2.35. The zero-order valence-electron chi connectivity index (χ0n) is 9.77. The molecule has 84 valence electrons. The molecule has 0 atom stereocenters. The van der Waals surface area contributed by atoms with Crippen LogP contribution in [0.3, 0.4) is 0 Å². The van der Waals surface area contributed by atoms with E-state index in [-0.39, 0.29) is 0 Å². The Morgan fingerprint density at radius 2 is 2.27 bits per heavy atom. The van der Waals surface area contributed by atoms with Gasteiger partial charge in [-0.05, 0) is 49.6 Å². The van der Waals surface area contributed by atoms with E-state index in [0.29, 0.717) is 5.41 Å². The van der Waals surface area contributed by atoms with Gasteiger partial charge in [0.25, 0.3) is 0 Å². The first-order valence-corrected chi connectivity index (χ1v) is 5.87. The maximum atomic E-state index is 5.54. The molecular weight excluding hydrogens is 186 g/mol. The number of nitrogens with two attached hydrogens (primary N) is 1. The Hall–Kier alpha value is -0.830. The van der Waals surface area contributed by atoms with Crippen molar-refractivity contribution in [3.8, 4) is 0 Å². The third-order valence-corrected chi connectivity index (χ3v) is 3.36. The average Bonchev–Trinajstić information content (AvgIpc) is 2.56. The van der Waals surface area contributed by atoms with Gasteiger partial charge in [-0.15, -0.1) is 0 Å². The van der Waals surface area contributed by atoms with Crippen molar-refractivity contribution in [2.75, 3.05) is 6.54 Å². The lowest BCUT2D eigenvalue weighted by Crippen LogP contribution is -2.22. The first-order chi connectivity index (χ1) is 7.12. The van der Waals surface area contributed by atoms with E-state index >= 15 is 0 Å². The Balaban J connectivity index is 2.18. The van der Waals surface area contributed by atoms with Crippen LogP contribution in [0.2, 0.25) is 0 Å². The van der Waals surface area contributed by atoms with Crippen LogP contribution in [0.5, 0.6) is 0 Å². The number of H-pyrrole nitrogens is 1. The fraction of sp³-hybridized carbons (Fsp3) is 0.750. The van der Waals surface area contributed by atoms with E-state index < -0.39 is 0 Å². The molecule has 3 nitrogen and oxygen atoms in total. The monoisotopic (exact) mass is 207 g/mol. The van der Waals surface area contributed by atoms with E-state index in [4.69, 9.17) is 5.73 Å². The number of aromatic amines is 1. The minimum atomic E-state index is 0.439. The van der Waals surface area contributed by atoms with Crippen molar-refractivity contribution < 1.29 is 0 Å². The highest BCUT2D eigenvalue weighted by atomic mass is 15.1. The highest BCUT2D eigenvalue weighted by molar-refractivity contribution is 5.29. The molecule has 2 rings (SSSR count). The molecule has 0 saturated heterocycles. The zero-order valence-corrected chi connectivity index (χ0v) is 9.77. The quantitative estimate of drug-likeness (QED) is 0.794.